The van der Waals surface area contributed by atoms with Gasteiger partial charge in [-0.1, -0.05) is 27.7 Å². The van der Waals surface area contributed by atoms with Gasteiger partial charge in [0.2, 0.25) is 0 Å². The molecule has 0 bridgehead atoms. The molecule has 0 saturated heterocycles. The van der Waals surface area contributed by atoms with Crippen molar-refractivity contribution < 1.29 is 30.6 Å². The molecule has 0 radical (unpaired) electrons. The molecule has 4 aliphatic carbocycles. The first-order valence-corrected chi connectivity index (χ1v) is 13.4. The maximum Gasteiger partial charge on any atom is 0.0763 e. The minimum atomic E-state index is -1.10. The highest BCUT2D eigenvalue weighted by molar-refractivity contribution is 5.20. The summed E-state index contributed by atoms with van der Waals surface area (Å²) in [7, 11) is 0. The third kappa shape index (κ3) is 4.01. The van der Waals surface area contributed by atoms with Crippen molar-refractivity contribution >= 4 is 0 Å². The van der Waals surface area contributed by atoms with Gasteiger partial charge in [0.15, 0.2) is 0 Å². The molecule has 4 rings (SSSR count). The molecule has 13 atom stereocenters. The van der Waals surface area contributed by atoms with E-state index in [1.807, 2.05) is 6.92 Å². The zero-order chi connectivity index (χ0) is 24.3. The molecule has 4 aliphatic rings. The molecule has 0 spiro atoms. The summed E-state index contributed by atoms with van der Waals surface area (Å²) in [5.74, 6) is 0.153. The average molecular weight is 469 g/mol. The maximum atomic E-state index is 12.3. The van der Waals surface area contributed by atoms with Crippen LogP contribution in [0.4, 0.5) is 0 Å². The Bertz CT molecular complexity index is 702. The van der Waals surface area contributed by atoms with Crippen molar-refractivity contribution in [1.29, 1.82) is 0 Å². The number of aliphatic hydroxyl groups excluding tert-OH is 5. The lowest BCUT2D eigenvalue weighted by Gasteiger charge is -2.66. The SMILES string of the molecule is CC(CO)C(O)CC[C@@H](C)[C@H]1C[C@H](O)[C@@H]2[C@]1(C)CC[C@@H]1[C@@]3(C)CC[C@H](O)C[C@@H]3[C@@H](O)C[C@]12O. The van der Waals surface area contributed by atoms with Crippen LogP contribution in [0.2, 0.25) is 0 Å². The maximum absolute atomic E-state index is 12.3. The first-order valence-electron chi connectivity index (χ1n) is 13.4. The Balaban J connectivity index is 1.57. The lowest BCUT2D eigenvalue weighted by atomic mass is 9.42. The fraction of sp³-hybridized carbons (Fsp3) is 1.00. The topological polar surface area (TPSA) is 121 Å². The standard InChI is InChI=1S/C27H48O6/c1-15(5-6-20(30)16(2)14-28)18-12-21(31)24-26(18,4)10-8-23-25(3)9-7-17(29)11-19(25)22(32)13-27(23,24)33/h15-24,28-33H,5-14H2,1-4H3/t15-,16?,17+,18-,19-,20?,21+,22+,23-,24-,25+,26-,27+/m1/s1. The zero-order valence-corrected chi connectivity index (χ0v) is 21.0. The van der Waals surface area contributed by atoms with Crippen molar-refractivity contribution in [2.24, 2.45) is 46.3 Å². The van der Waals surface area contributed by atoms with Gasteiger partial charge < -0.3 is 30.6 Å². The molecule has 2 unspecified atom stereocenters. The van der Waals surface area contributed by atoms with E-state index < -0.39 is 23.9 Å². The highest BCUT2D eigenvalue weighted by atomic mass is 16.3. The number of rotatable bonds is 6. The second kappa shape index (κ2) is 9.01. The Labute approximate surface area is 199 Å². The Morgan fingerprint density at radius 2 is 1.58 bits per heavy atom. The quantitative estimate of drug-likeness (QED) is 0.356. The van der Waals surface area contributed by atoms with E-state index >= 15 is 0 Å². The molecule has 0 amide bonds. The number of hydrogen-bond acceptors (Lipinski definition) is 6. The highest BCUT2D eigenvalue weighted by Crippen LogP contribution is 2.69. The summed E-state index contributed by atoms with van der Waals surface area (Å²) in [5, 5.41) is 64.8. The van der Waals surface area contributed by atoms with E-state index in [-0.39, 0.29) is 65.5 Å². The molecule has 6 N–H and O–H groups in total. The number of hydrogen-bond donors (Lipinski definition) is 6. The van der Waals surface area contributed by atoms with E-state index in [0.29, 0.717) is 25.7 Å². The van der Waals surface area contributed by atoms with Crippen molar-refractivity contribution in [3.63, 3.8) is 0 Å². The largest absolute Gasteiger partial charge is 0.396 e. The number of aliphatic hydroxyl groups is 6. The Hall–Kier alpha value is -0.240. The van der Waals surface area contributed by atoms with Gasteiger partial charge in [-0.3, -0.25) is 0 Å². The van der Waals surface area contributed by atoms with Gasteiger partial charge >= 0.3 is 0 Å². The molecule has 33 heavy (non-hydrogen) atoms. The van der Waals surface area contributed by atoms with Gasteiger partial charge in [0.05, 0.1) is 30.0 Å². The average Bonchev–Trinajstić information content (AvgIpc) is 3.03. The Morgan fingerprint density at radius 1 is 0.909 bits per heavy atom. The van der Waals surface area contributed by atoms with E-state index in [2.05, 4.69) is 20.8 Å². The van der Waals surface area contributed by atoms with Gasteiger partial charge in [-0.25, -0.2) is 0 Å². The minimum absolute atomic E-state index is 0.000787. The molecule has 4 saturated carbocycles. The molecule has 0 aromatic rings. The Morgan fingerprint density at radius 3 is 2.24 bits per heavy atom. The van der Waals surface area contributed by atoms with Crippen LogP contribution in [-0.4, -0.2) is 67.3 Å². The molecule has 192 valence electrons. The third-order valence-electron chi connectivity index (χ3n) is 11.3. The lowest BCUT2D eigenvalue weighted by molar-refractivity contribution is -0.263. The fourth-order valence-corrected chi connectivity index (χ4v) is 9.45. The molecular weight excluding hydrogens is 420 g/mol. The number of fused-ring (bicyclic) bond motifs is 5. The predicted octanol–water partition coefficient (Wildman–Crippen LogP) is 2.47. The van der Waals surface area contributed by atoms with Crippen LogP contribution >= 0.6 is 0 Å². The predicted molar refractivity (Wildman–Crippen MR) is 126 cm³/mol. The Kier molecular flexibility index (Phi) is 7.05. The summed E-state index contributed by atoms with van der Waals surface area (Å²) in [6.45, 7) is 8.48. The third-order valence-corrected chi connectivity index (χ3v) is 11.3. The van der Waals surface area contributed by atoms with Crippen LogP contribution in [-0.2, 0) is 0 Å². The van der Waals surface area contributed by atoms with Gasteiger partial charge in [-0.15, -0.1) is 0 Å². The fourth-order valence-electron chi connectivity index (χ4n) is 9.45. The highest BCUT2D eigenvalue weighted by Gasteiger charge is 2.70. The zero-order valence-electron chi connectivity index (χ0n) is 21.0. The van der Waals surface area contributed by atoms with Gasteiger partial charge in [0.1, 0.15) is 0 Å². The van der Waals surface area contributed by atoms with Crippen LogP contribution in [0, 0.1) is 46.3 Å². The van der Waals surface area contributed by atoms with Gasteiger partial charge in [-0.2, -0.15) is 0 Å². The van der Waals surface area contributed by atoms with Crippen molar-refractivity contribution in [1.82, 2.24) is 0 Å². The summed E-state index contributed by atoms with van der Waals surface area (Å²) in [4.78, 5) is 0. The van der Waals surface area contributed by atoms with Crippen LogP contribution in [0.25, 0.3) is 0 Å². The summed E-state index contributed by atoms with van der Waals surface area (Å²) in [6.07, 6.45) is 4.20. The smallest absolute Gasteiger partial charge is 0.0763 e. The monoisotopic (exact) mass is 468 g/mol. The van der Waals surface area contributed by atoms with Gasteiger partial charge in [0, 0.05) is 24.9 Å². The molecule has 6 nitrogen and oxygen atoms in total. The van der Waals surface area contributed by atoms with Crippen LogP contribution in [0.15, 0.2) is 0 Å². The second-order valence-electron chi connectivity index (χ2n) is 13.1. The van der Waals surface area contributed by atoms with Crippen LogP contribution < -0.4 is 0 Å². The first kappa shape index (κ1) is 25.8. The molecule has 4 fully saturated rings. The summed E-state index contributed by atoms with van der Waals surface area (Å²) in [6, 6.07) is 0. The van der Waals surface area contributed by atoms with E-state index in [1.54, 1.807) is 0 Å². The van der Waals surface area contributed by atoms with Crippen molar-refractivity contribution in [2.75, 3.05) is 6.61 Å². The van der Waals surface area contributed by atoms with Crippen molar-refractivity contribution in [3.05, 3.63) is 0 Å². The van der Waals surface area contributed by atoms with Crippen molar-refractivity contribution in [3.8, 4) is 0 Å². The normalized spacial score (nSPS) is 52.4. The first-order chi connectivity index (χ1) is 15.4. The minimum Gasteiger partial charge on any atom is -0.396 e. The van der Waals surface area contributed by atoms with E-state index in [1.165, 1.54) is 0 Å². The molecule has 0 aliphatic heterocycles. The van der Waals surface area contributed by atoms with Gasteiger partial charge in [0.25, 0.3) is 0 Å². The van der Waals surface area contributed by atoms with Crippen LogP contribution in [0.5, 0.6) is 0 Å². The molecule has 0 aromatic heterocycles. The summed E-state index contributed by atoms with van der Waals surface area (Å²) in [5.41, 5.74) is -1.53. The van der Waals surface area contributed by atoms with E-state index in [4.69, 9.17) is 0 Å². The molecule has 0 heterocycles. The van der Waals surface area contributed by atoms with Crippen LogP contribution in [0.3, 0.4) is 0 Å². The van der Waals surface area contributed by atoms with Crippen LogP contribution in [0.1, 0.15) is 85.5 Å². The lowest BCUT2D eigenvalue weighted by Crippen LogP contribution is -2.68. The molecule has 0 aromatic carbocycles. The molecular formula is C27H48O6. The van der Waals surface area contributed by atoms with Crippen molar-refractivity contribution in [2.45, 2.75) is 115 Å². The van der Waals surface area contributed by atoms with E-state index in [9.17, 15) is 30.6 Å². The van der Waals surface area contributed by atoms with E-state index in [0.717, 1.165) is 25.7 Å². The van der Waals surface area contributed by atoms with Gasteiger partial charge in [-0.05, 0) is 85.9 Å². The summed E-state index contributed by atoms with van der Waals surface area (Å²) < 4.78 is 0. The second-order valence-corrected chi connectivity index (χ2v) is 13.1. The molecule has 6 heteroatoms. The summed E-state index contributed by atoms with van der Waals surface area (Å²) >= 11 is 0.